The molecule has 0 radical (unpaired) electrons. The van der Waals surface area contributed by atoms with E-state index in [9.17, 15) is 0 Å². The molecule has 0 fully saturated rings. The number of aromatic nitrogens is 1. The van der Waals surface area contributed by atoms with E-state index in [0.717, 1.165) is 55.8 Å². The summed E-state index contributed by atoms with van der Waals surface area (Å²) in [6, 6.07) is 69.3. The van der Waals surface area contributed by atoms with Crippen molar-refractivity contribution in [3.05, 3.63) is 194 Å². The third kappa shape index (κ3) is 5.68. The Labute approximate surface area is 332 Å². The highest BCUT2D eigenvalue weighted by Gasteiger charge is 2.21. The zero-order valence-electron chi connectivity index (χ0n) is 30.1. The normalized spacial score (nSPS) is 11.6. The van der Waals surface area contributed by atoms with Gasteiger partial charge in [0.1, 0.15) is 16.5 Å². The van der Waals surface area contributed by atoms with Crippen LogP contribution in [0.1, 0.15) is 0 Å². The number of thiazole rings is 1. The Balaban J connectivity index is 1.05. The van der Waals surface area contributed by atoms with E-state index < -0.39 is 0 Å². The van der Waals surface area contributed by atoms with Gasteiger partial charge in [0.15, 0.2) is 0 Å². The van der Waals surface area contributed by atoms with Crippen LogP contribution in [-0.2, 0) is 0 Å². The third-order valence-corrected chi connectivity index (χ3v) is 12.8. The minimum Gasteiger partial charge on any atom is -0.456 e. The molecule has 3 nitrogen and oxygen atoms in total. The van der Waals surface area contributed by atoms with Crippen molar-refractivity contribution >= 4 is 60.7 Å². The Hall–Kier alpha value is -6.79. The lowest BCUT2D eigenvalue weighted by Crippen LogP contribution is -2.11. The van der Waals surface area contributed by atoms with Crippen LogP contribution in [-0.4, -0.2) is 4.98 Å². The highest BCUT2D eigenvalue weighted by Crippen LogP contribution is 2.46. The second-order valence-electron chi connectivity index (χ2n) is 13.9. The summed E-state index contributed by atoms with van der Waals surface area (Å²) in [5.74, 6) is 1.69. The molecular weight excluding hydrogens is 721 g/mol. The van der Waals surface area contributed by atoms with Crippen molar-refractivity contribution < 1.29 is 4.42 Å². The molecule has 4 aliphatic rings. The first-order valence-electron chi connectivity index (χ1n) is 18.7. The van der Waals surface area contributed by atoms with Crippen LogP contribution in [0, 0.1) is 0 Å². The fourth-order valence-electron chi connectivity index (χ4n) is 7.83. The second kappa shape index (κ2) is 13.5. The minimum absolute atomic E-state index is 0.816. The Kier molecular flexibility index (Phi) is 7.87. The topological polar surface area (TPSA) is 29.3 Å². The van der Waals surface area contributed by atoms with Crippen molar-refractivity contribution in [1.29, 1.82) is 0 Å². The first-order valence-corrected chi connectivity index (χ1v) is 20.3. The van der Waals surface area contributed by atoms with Crippen molar-refractivity contribution in [3.8, 4) is 65.2 Å². The van der Waals surface area contributed by atoms with Gasteiger partial charge >= 0.3 is 0 Å². The summed E-state index contributed by atoms with van der Waals surface area (Å²) in [5.41, 5.74) is 12.3. The molecule has 0 unspecified atom stereocenters. The lowest BCUT2D eigenvalue weighted by molar-refractivity contribution is 0.583. The molecule has 0 N–H and O–H groups in total. The summed E-state index contributed by atoms with van der Waals surface area (Å²) >= 11 is 3.58. The molecule has 0 bridgehead atoms. The van der Waals surface area contributed by atoms with Gasteiger partial charge in [-0.3, -0.25) is 0 Å². The highest BCUT2D eigenvalue weighted by atomic mass is 32.1. The van der Waals surface area contributed by atoms with Crippen molar-refractivity contribution in [2.45, 2.75) is 0 Å². The van der Waals surface area contributed by atoms with Crippen LogP contribution < -0.4 is 4.90 Å². The molecule has 5 heteroatoms. The number of nitrogens with zero attached hydrogens (tertiary/aromatic N) is 2. The Bertz CT molecular complexity index is 3060. The van der Waals surface area contributed by atoms with Crippen LogP contribution in [0.5, 0.6) is 0 Å². The van der Waals surface area contributed by atoms with Gasteiger partial charge in [0.2, 0.25) is 0 Å². The van der Waals surface area contributed by atoms with Gasteiger partial charge in [0.05, 0.1) is 15.9 Å². The molecule has 0 atom stereocenters. The van der Waals surface area contributed by atoms with Gasteiger partial charge in [-0.2, -0.15) is 0 Å². The summed E-state index contributed by atoms with van der Waals surface area (Å²) in [4.78, 5) is 9.83. The van der Waals surface area contributed by atoms with Crippen LogP contribution in [0.2, 0.25) is 0 Å². The first-order chi connectivity index (χ1) is 27.7. The fraction of sp³-hybridized carbons (Fsp3) is 0. The molecule has 264 valence electrons. The molecule has 7 aromatic rings. The van der Waals surface area contributed by atoms with Crippen LogP contribution in [0.25, 0.3) is 86.2 Å². The summed E-state index contributed by atoms with van der Waals surface area (Å²) in [7, 11) is 0. The van der Waals surface area contributed by atoms with E-state index in [1.807, 2.05) is 29.5 Å². The molecule has 0 spiro atoms. The summed E-state index contributed by atoms with van der Waals surface area (Å²) in [5, 5.41) is 3.51. The fourth-order valence-corrected chi connectivity index (χ4v) is 9.90. The zero-order chi connectivity index (χ0) is 37.0. The predicted octanol–water partition coefficient (Wildman–Crippen LogP) is 15.5. The van der Waals surface area contributed by atoms with Crippen LogP contribution >= 0.6 is 22.7 Å². The number of para-hydroxylation sites is 2. The van der Waals surface area contributed by atoms with Crippen LogP contribution in [0.15, 0.2) is 199 Å². The molecular formula is C51H32N2OS2. The second-order valence-corrected chi connectivity index (χ2v) is 16.0. The number of rotatable bonds is 7. The van der Waals surface area contributed by atoms with E-state index in [1.54, 1.807) is 11.3 Å². The van der Waals surface area contributed by atoms with Crippen LogP contribution in [0.4, 0.5) is 17.1 Å². The molecule has 6 aromatic carbocycles. The van der Waals surface area contributed by atoms with Gasteiger partial charge in [-0.05, 0) is 118 Å². The van der Waals surface area contributed by atoms with E-state index >= 15 is 0 Å². The summed E-state index contributed by atoms with van der Waals surface area (Å²) in [6.45, 7) is 0. The number of hydrogen-bond donors (Lipinski definition) is 0. The van der Waals surface area contributed by atoms with Gasteiger partial charge in [-0.15, -0.1) is 22.7 Å². The number of anilines is 3. The van der Waals surface area contributed by atoms with Gasteiger partial charge in [-0.25, -0.2) is 4.98 Å². The quantitative estimate of drug-likeness (QED) is 0.162. The van der Waals surface area contributed by atoms with E-state index in [4.69, 9.17) is 9.40 Å². The number of hydrogen-bond acceptors (Lipinski definition) is 5. The van der Waals surface area contributed by atoms with Crippen molar-refractivity contribution in [2.24, 2.45) is 0 Å². The molecule has 2 aliphatic heterocycles. The van der Waals surface area contributed by atoms with Crippen LogP contribution in [0.3, 0.4) is 0 Å². The Morgan fingerprint density at radius 3 is 2.02 bits per heavy atom. The van der Waals surface area contributed by atoms with Crippen molar-refractivity contribution in [2.75, 3.05) is 4.90 Å². The zero-order valence-corrected chi connectivity index (χ0v) is 31.7. The molecule has 0 amide bonds. The molecule has 3 heterocycles. The van der Waals surface area contributed by atoms with Gasteiger partial charge < -0.3 is 9.32 Å². The lowest BCUT2D eigenvalue weighted by Gasteiger charge is -2.28. The average molecular weight is 753 g/mol. The molecule has 56 heavy (non-hydrogen) atoms. The Morgan fingerprint density at radius 2 is 1.14 bits per heavy atom. The molecule has 0 saturated carbocycles. The lowest BCUT2D eigenvalue weighted by atomic mass is 9.93. The highest BCUT2D eigenvalue weighted by molar-refractivity contribution is 7.21. The summed E-state index contributed by atoms with van der Waals surface area (Å²) < 4.78 is 7.70. The monoisotopic (exact) mass is 752 g/mol. The van der Waals surface area contributed by atoms with Gasteiger partial charge in [-0.1, -0.05) is 103 Å². The van der Waals surface area contributed by atoms with E-state index in [1.165, 1.54) is 47.5 Å². The maximum absolute atomic E-state index is 6.51. The van der Waals surface area contributed by atoms with Crippen molar-refractivity contribution in [1.82, 2.24) is 4.98 Å². The van der Waals surface area contributed by atoms with E-state index in [2.05, 4.69) is 181 Å². The first kappa shape index (κ1) is 32.6. The van der Waals surface area contributed by atoms with Gasteiger partial charge in [0, 0.05) is 43.4 Å². The maximum atomic E-state index is 6.51. The smallest absolute Gasteiger partial charge is 0.136 e. The molecule has 11 rings (SSSR count). The van der Waals surface area contributed by atoms with Gasteiger partial charge in [0.25, 0.3) is 0 Å². The SMILES string of the molecule is c1cc2ccc(-c3ccccc3N(c3ccc(-c4nc5ccccc5s4)cc3)c3ccc(-c4ccc5ccccc5c4-c4ccc5cccc-5s4)cc3)oc-2c1. The maximum Gasteiger partial charge on any atom is 0.136 e. The molecule has 0 saturated heterocycles. The minimum atomic E-state index is 0.816. The molecule has 1 aromatic heterocycles. The number of fused-ring (bicyclic) bond motifs is 4. The van der Waals surface area contributed by atoms with Crippen molar-refractivity contribution in [3.63, 3.8) is 0 Å². The number of benzene rings is 6. The van der Waals surface area contributed by atoms with E-state index in [-0.39, 0.29) is 0 Å². The third-order valence-electron chi connectivity index (χ3n) is 10.6. The average Bonchev–Trinajstić information content (AvgIpc) is 4.04. The van der Waals surface area contributed by atoms with E-state index in [0.29, 0.717) is 0 Å². The summed E-state index contributed by atoms with van der Waals surface area (Å²) in [6.07, 6.45) is 0. The predicted molar refractivity (Wildman–Crippen MR) is 237 cm³/mol. The largest absolute Gasteiger partial charge is 0.456 e. The standard InChI is InChI=1S/C51H32N2OS2/c1-2-12-40-33(9-1)23-30-41(50(40)49-32-25-36-11-8-18-47(36)55-49)34-19-26-38(27-20-34)53(39-28-21-37(22-29-39)51-52-43-14-4-6-17-48(43)56-51)44-15-5-3-13-42(44)46-31-24-35-10-7-16-45(35)54-46/h1-32H. The Morgan fingerprint density at radius 1 is 0.429 bits per heavy atom. The molecule has 2 aliphatic carbocycles.